The maximum absolute atomic E-state index is 13.1. The molecule has 0 aliphatic carbocycles. The molecule has 0 radical (unpaired) electrons. The lowest BCUT2D eigenvalue weighted by molar-refractivity contribution is -0.140. The molecular formula is C20H37N3O3Si. The SMILES string of the molecule is CC(C)(C)NC(=O)C1C2C(CO[Si](C)(C)C(C)(C)C)N2C(=O)C2CCCN21. The highest BCUT2D eigenvalue weighted by molar-refractivity contribution is 6.74. The van der Waals surface area contributed by atoms with Gasteiger partial charge in [0.15, 0.2) is 8.32 Å². The third-order valence-corrected chi connectivity index (χ3v) is 11.2. The summed E-state index contributed by atoms with van der Waals surface area (Å²) in [5, 5.41) is 3.27. The third-order valence-electron chi connectivity index (χ3n) is 6.69. The zero-order valence-corrected chi connectivity index (χ0v) is 19.3. The van der Waals surface area contributed by atoms with Crippen molar-refractivity contribution in [2.24, 2.45) is 0 Å². The molecule has 0 saturated carbocycles. The minimum absolute atomic E-state index is 0.0351. The molecule has 0 aromatic carbocycles. The first-order valence-corrected chi connectivity index (χ1v) is 13.2. The minimum atomic E-state index is -1.88. The number of fused-ring (bicyclic) bond motifs is 2. The van der Waals surface area contributed by atoms with E-state index in [0.717, 1.165) is 19.4 Å². The number of carbonyl (C=O) groups excluding carboxylic acids is 2. The fourth-order valence-corrected chi connectivity index (χ4v) is 5.19. The Balaban J connectivity index is 1.76. The van der Waals surface area contributed by atoms with Crippen LogP contribution in [-0.4, -0.2) is 72.8 Å². The number of hydrogen-bond donors (Lipinski definition) is 1. The summed E-state index contributed by atoms with van der Waals surface area (Å²) >= 11 is 0. The van der Waals surface area contributed by atoms with Gasteiger partial charge >= 0.3 is 0 Å². The zero-order valence-electron chi connectivity index (χ0n) is 18.3. The summed E-state index contributed by atoms with van der Waals surface area (Å²) in [5.74, 6) is 0.243. The summed E-state index contributed by atoms with van der Waals surface area (Å²) in [6.45, 7) is 18.5. The van der Waals surface area contributed by atoms with E-state index in [-0.39, 0.29) is 46.6 Å². The number of piperazine rings is 1. The topological polar surface area (TPSA) is 61.6 Å². The Kier molecular flexibility index (Phi) is 5.05. The van der Waals surface area contributed by atoms with E-state index in [9.17, 15) is 9.59 Å². The van der Waals surface area contributed by atoms with Crippen LogP contribution in [0.15, 0.2) is 0 Å². The van der Waals surface area contributed by atoms with Crippen molar-refractivity contribution in [1.82, 2.24) is 15.1 Å². The molecule has 3 saturated heterocycles. The number of rotatable bonds is 4. The molecule has 1 N–H and O–H groups in total. The number of nitrogens with zero attached hydrogens (tertiary/aromatic N) is 2. The minimum Gasteiger partial charge on any atom is -0.415 e. The van der Waals surface area contributed by atoms with Crippen molar-refractivity contribution < 1.29 is 14.0 Å². The molecule has 3 heterocycles. The zero-order chi connectivity index (χ0) is 20.4. The summed E-state index contributed by atoms with van der Waals surface area (Å²) in [7, 11) is -1.88. The molecule has 0 bridgehead atoms. The lowest BCUT2D eigenvalue weighted by Crippen LogP contribution is -2.61. The van der Waals surface area contributed by atoms with E-state index in [1.165, 1.54) is 0 Å². The second kappa shape index (κ2) is 6.56. The van der Waals surface area contributed by atoms with Crippen molar-refractivity contribution in [1.29, 1.82) is 0 Å². The molecule has 0 aromatic rings. The fourth-order valence-electron chi connectivity index (χ4n) is 4.17. The lowest BCUT2D eigenvalue weighted by atomic mass is 10.0. The molecule has 3 aliphatic heterocycles. The molecule has 0 spiro atoms. The molecule has 3 fully saturated rings. The van der Waals surface area contributed by atoms with Crippen molar-refractivity contribution in [3.63, 3.8) is 0 Å². The first-order valence-electron chi connectivity index (χ1n) is 10.3. The standard InChI is InChI=1S/C20H37N3O3Si/c1-19(2,3)21-17(24)16-15-14(12-26-27(7,8)20(4,5)6)23(15)18(25)13-10-9-11-22(13)16/h13-16H,9-12H2,1-8H3,(H,21,24). The van der Waals surface area contributed by atoms with Crippen molar-refractivity contribution in [3.05, 3.63) is 0 Å². The van der Waals surface area contributed by atoms with E-state index in [4.69, 9.17) is 4.43 Å². The molecule has 4 unspecified atom stereocenters. The Morgan fingerprint density at radius 2 is 1.85 bits per heavy atom. The van der Waals surface area contributed by atoms with E-state index in [2.05, 4.69) is 44.1 Å². The van der Waals surface area contributed by atoms with Gasteiger partial charge in [-0.15, -0.1) is 0 Å². The van der Waals surface area contributed by atoms with Crippen LogP contribution in [0.1, 0.15) is 54.4 Å². The quantitative estimate of drug-likeness (QED) is 0.586. The van der Waals surface area contributed by atoms with Crippen LogP contribution < -0.4 is 5.32 Å². The molecule has 3 aliphatic rings. The molecule has 3 rings (SSSR count). The average molecular weight is 396 g/mol. The Hall–Kier alpha value is -0.923. The van der Waals surface area contributed by atoms with Gasteiger partial charge in [-0.1, -0.05) is 20.8 Å². The van der Waals surface area contributed by atoms with Crippen molar-refractivity contribution >= 4 is 20.1 Å². The summed E-state index contributed by atoms with van der Waals surface area (Å²) in [4.78, 5) is 30.1. The van der Waals surface area contributed by atoms with Crippen molar-refractivity contribution in [2.75, 3.05) is 13.2 Å². The first kappa shape index (κ1) is 20.8. The smallest absolute Gasteiger partial charge is 0.240 e. The molecule has 4 atom stereocenters. The van der Waals surface area contributed by atoms with Gasteiger partial charge in [-0.25, -0.2) is 0 Å². The van der Waals surface area contributed by atoms with Gasteiger partial charge < -0.3 is 14.6 Å². The number of amides is 2. The Morgan fingerprint density at radius 3 is 2.41 bits per heavy atom. The summed E-state index contributed by atoms with van der Waals surface area (Å²) in [5.41, 5.74) is -0.277. The normalized spacial score (nSPS) is 31.6. The molecule has 6 nitrogen and oxygen atoms in total. The van der Waals surface area contributed by atoms with Gasteiger partial charge in [0.2, 0.25) is 11.8 Å². The molecule has 2 amide bonds. The molecule has 154 valence electrons. The first-order chi connectivity index (χ1) is 12.2. The van der Waals surface area contributed by atoms with Gasteiger partial charge in [0, 0.05) is 5.54 Å². The number of nitrogens with one attached hydrogen (secondary N) is 1. The monoisotopic (exact) mass is 395 g/mol. The van der Waals surface area contributed by atoms with Crippen molar-refractivity contribution in [3.8, 4) is 0 Å². The van der Waals surface area contributed by atoms with Gasteiger partial charge in [0.05, 0.1) is 24.7 Å². The van der Waals surface area contributed by atoms with Crippen molar-refractivity contribution in [2.45, 2.75) is 102 Å². The average Bonchev–Trinajstić information content (AvgIpc) is 2.96. The van der Waals surface area contributed by atoms with Crippen LogP contribution in [0.5, 0.6) is 0 Å². The third kappa shape index (κ3) is 3.83. The van der Waals surface area contributed by atoms with Crippen LogP contribution in [0.4, 0.5) is 0 Å². The Bertz CT molecular complexity index is 623. The summed E-state index contributed by atoms with van der Waals surface area (Å²) in [6, 6.07) is -0.385. The molecule has 27 heavy (non-hydrogen) atoms. The van der Waals surface area contributed by atoms with Crippen LogP contribution in [0.3, 0.4) is 0 Å². The maximum atomic E-state index is 13.1. The molecule has 0 aromatic heterocycles. The van der Waals surface area contributed by atoms with Crippen LogP contribution in [0.25, 0.3) is 0 Å². The number of carbonyl (C=O) groups is 2. The van der Waals surface area contributed by atoms with Gasteiger partial charge in [-0.05, 0) is 58.3 Å². The highest BCUT2D eigenvalue weighted by atomic mass is 28.4. The van der Waals surface area contributed by atoms with Crippen LogP contribution in [0.2, 0.25) is 18.1 Å². The summed E-state index contributed by atoms with van der Waals surface area (Å²) < 4.78 is 6.40. The number of hydrogen-bond acceptors (Lipinski definition) is 4. The van der Waals surface area contributed by atoms with Gasteiger partial charge in [0.25, 0.3) is 0 Å². The largest absolute Gasteiger partial charge is 0.415 e. The molecule has 7 heteroatoms. The Morgan fingerprint density at radius 1 is 1.22 bits per heavy atom. The second-order valence-electron chi connectivity index (χ2n) is 11.0. The maximum Gasteiger partial charge on any atom is 0.240 e. The highest BCUT2D eigenvalue weighted by Gasteiger charge is 2.65. The second-order valence-corrected chi connectivity index (χ2v) is 15.8. The van der Waals surface area contributed by atoms with Crippen LogP contribution in [0, 0.1) is 0 Å². The van der Waals surface area contributed by atoms with Gasteiger partial charge in [0.1, 0.15) is 6.04 Å². The highest BCUT2D eigenvalue weighted by Crippen LogP contribution is 2.44. The van der Waals surface area contributed by atoms with E-state index < -0.39 is 8.32 Å². The fraction of sp³-hybridized carbons (Fsp3) is 0.900. The van der Waals surface area contributed by atoms with Gasteiger partial charge in [-0.2, -0.15) is 0 Å². The summed E-state index contributed by atoms with van der Waals surface area (Å²) in [6.07, 6.45) is 1.85. The Labute approximate surface area is 165 Å². The van der Waals surface area contributed by atoms with Crippen LogP contribution in [-0.2, 0) is 14.0 Å². The predicted octanol–water partition coefficient (Wildman–Crippen LogP) is 2.35. The molecular weight excluding hydrogens is 358 g/mol. The van der Waals surface area contributed by atoms with E-state index in [1.54, 1.807) is 0 Å². The lowest BCUT2D eigenvalue weighted by Gasteiger charge is -2.37. The van der Waals surface area contributed by atoms with E-state index >= 15 is 0 Å². The van der Waals surface area contributed by atoms with Crippen LogP contribution >= 0.6 is 0 Å². The van der Waals surface area contributed by atoms with Gasteiger partial charge in [-0.3, -0.25) is 14.5 Å². The van der Waals surface area contributed by atoms with E-state index in [1.807, 2.05) is 25.7 Å². The van der Waals surface area contributed by atoms with E-state index in [0.29, 0.717) is 6.61 Å². The predicted molar refractivity (Wildman–Crippen MR) is 109 cm³/mol.